The summed E-state index contributed by atoms with van der Waals surface area (Å²) in [5.74, 6) is -0.850. The quantitative estimate of drug-likeness (QED) is 0.847. The van der Waals surface area contributed by atoms with Gasteiger partial charge in [0, 0.05) is 6.04 Å². The van der Waals surface area contributed by atoms with Gasteiger partial charge in [-0.1, -0.05) is 6.92 Å². The average Bonchev–Trinajstić information content (AvgIpc) is 2.28. The molecule has 0 saturated carbocycles. The van der Waals surface area contributed by atoms with Gasteiger partial charge in [-0.25, -0.2) is 17.5 Å². The molecule has 0 amide bonds. The van der Waals surface area contributed by atoms with Crippen LogP contribution in [-0.4, -0.2) is 19.7 Å². The van der Waals surface area contributed by atoms with Gasteiger partial charge < -0.3 is 0 Å². The molecule has 18 heavy (non-hydrogen) atoms. The van der Waals surface area contributed by atoms with E-state index in [0.29, 0.717) is 6.42 Å². The lowest BCUT2D eigenvalue weighted by Crippen LogP contribution is -2.32. The Morgan fingerprint density at radius 2 is 2.11 bits per heavy atom. The fourth-order valence-electron chi connectivity index (χ4n) is 1.24. The lowest BCUT2D eigenvalue weighted by molar-refractivity contribution is 0.107. The molecule has 100 valence electrons. The first-order chi connectivity index (χ1) is 8.27. The largest absolute Gasteiger partial charge is 0.275 e. The van der Waals surface area contributed by atoms with Crippen LogP contribution in [0.25, 0.3) is 0 Å². The smallest absolute Gasteiger partial charge is 0.255 e. The molecular weight excluding hydrogens is 281 g/mol. The van der Waals surface area contributed by atoms with Gasteiger partial charge in [0.2, 0.25) is 10.0 Å². The number of carbonyl (C=O) groups is 1. The highest BCUT2D eigenvalue weighted by atomic mass is 35.5. The molecule has 0 aliphatic heterocycles. The second-order valence-electron chi connectivity index (χ2n) is 3.85. The van der Waals surface area contributed by atoms with E-state index >= 15 is 0 Å². The van der Waals surface area contributed by atoms with Gasteiger partial charge in [0.25, 0.3) is 5.24 Å². The molecule has 1 rings (SSSR count). The van der Waals surface area contributed by atoms with Gasteiger partial charge in [-0.3, -0.25) is 4.79 Å². The first-order valence-electron chi connectivity index (χ1n) is 5.29. The van der Waals surface area contributed by atoms with E-state index in [1.165, 1.54) is 0 Å². The molecule has 0 radical (unpaired) electrons. The minimum Gasteiger partial charge on any atom is -0.275 e. The molecule has 1 N–H and O–H groups in total. The van der Waals surface area contributed by atoms with Gasteiger partial charge in [-0.15, -0.1) is 0 Å². The molecule has 0 saturated heterocycles. The second kappa shape index (κ2) is 5.77. The Hall–Kier alpha value is -0.980. The monoisotopic (exact) mass is 293 g/mol. The highest BCUT2D eigenvalue weighted by Crippen LogP contribution is 2.17. The first-order valence-corrected chi connectivity index (χ1v) is 7.15. The number of hydrogen-bond acceptors (Lipinski definition) is 3. The van der Waals surface area contributed by atoms with Crippen molar-refractivity contribution in [3.8, 4) is 0 Å². The summed E-state index contributed by atoms with van der Waals surface area (Å²) in [6.07, 6.45) is 0.613. The fourth-order valence-corrected chi connectivity index (χ4v) is 2.74. The van der Waals surface area contributed by atoms with Crippen LogP contribution < -0.4 is 4.72 Å². The van der Waals surface area contributed by atoms with Crippen LogP contribution in [-0.2, 0) is 10.0 Å². The average molecular weight is 294 g/mol. The molecule has 1 atom stereocenters. The van der Waals surface area contributed by atoms with Crippen molar-refractivity contribution in [2.24, 2.45) is 0 Å². The van der Waals surface area contributed by atoms with Crippen molar-refractivity contribution in [1.82, 2.24) is 4.72 Å². The number of sulfonamides is 1. The Morgan fingerprint density at radius 3 is 2.61 bits per heavy atom. The zero-order valence-corrected chi connectivity index (χ0v) is 11.5. The van der Waals surface area contributed by atoms with Crippen molar-refractivity contribution in [3.05, 3.63) is 29.6 Å². The maximum absolute atomic E-state index is 13.2. The van der Waals surface area contributed by atoms with E-state index in [2.05, 4.69) is 4.72 Å². The summed E-state index contributed by atoms with van der Waals surface area (Å²) in [5.41, 5.74) is -0.455. The molecule has 7 heteroatoms. The molecule has 0 heterocycles. The first kappa shape index (κ1) is 15.1. The minimum absolute atomic E-state index is 0.187. The van der Waals surface area contributed by atoms with Crippen molar-refractivity contribution in [3.63, 3.8) is 0 Å². The Kier molecular flexibility index (Phi) is 4.84. The van der Waals surface area contributed by atoms with E-state index in [9.17, 15) is 17.6 Å². The number of nitrogens with one attached hydrogen (secondary N) is 1. The zero-order valence-electron chi connectivity index (χ0n) is 9.91. The van der Waals surface area contributed by atoms with Crippen LogP contribution in [0.1, 0.15) is 30.6 Å². The molecule has 0 aromatic heterocycles. The van der Waals surface area contributed by atoms with Crippen LogP contribution in [0.2, 0.25) is 0 Å². The third-order valence-electron chi connectivity index (χ3n) is 2.43. The Morgan fingerprint density at radius 1 is 1.50 bits per heavy atom. The predicted octanol–water partition coefficient (Wildman–Crippen LogP) is 2.28. The Balaban J connectivity index is 3.18. The van der Waals surface area contributed by atoms with Crippen LogP contribution in [0.4, 0.5) is 4.39 Å². The van der Waals surface area contributed by atoms with Gasteiger partial charge in [0.05, 0.1) is 10.5 Å². The Labute approximate surface area is 110 Å². The number of halogens is 2. The van der Waals surface area contributed by atoms with E-state index in [4.69, 9.17) is 11.6 Å². The van der Waals surface area contributed by atoms with E-state index in [0.717, 1.165) is 18.2 Å². The SMILES string of the molecule is CCC(C)NS(=O)(=O)c1ccc(F)c(C(=O)Cl)c1. The minimum atomic E-state index is -3.77. The normalized spacial score (nSPS) is 13.3. The van der Waals surface area contributed by atoms with Gasteiger partial charge in [0.15, 0.2) is 0 Å². The molecule has 0 bridgehead atoms. The van der Waals surface area contributed by atoms with Crippen LogP contribution >= 0.6 is 11.6 Å². The fraction of sp³-hybridized carbons (Fsp3) is 0.364. The lowest BCUT2D eigenvalue weighted by atomic mass is 10.2. The number of rotatable bonds is 5. The van der Waals surface area contributed by atoms with Crippen molar-refractivity contribution in [2.75, 3.05) is 0 Å². The van der Waals surface area contributed by atoms with E-state index in [-0.39, 0.29) is 10.9 Å². The van der Waals surface area contributed by atoms with E-state index in [1.807, 2.05) is 6.92 Å². The van der Waals surface area contributed by atoms with Crippen molar-refractivity contribution < 1.29 is 17.6 Å². The lowest BCUT2D eigenvalue weighted by Gasteiger charge is -2.12. The van der Waals surface area contributed by atoms with Crippen LogP contribution in [0.5, 0.6) is 0 Å². The summed E-state index contributed by atoms with van der Waals surface area (Å²) < 4.78 is 39.4. The van der Waals surface area contributed by atoms with Crippen LogP contribution in [0, 0.1) is 5.82 Å². The highest BCUT2D eigenvalue weighted by molar-refractivity contribution is 7.89. The van der Waals surface area contributed by atoms with Gasteiger partial charge in [-0.2, -0.15) is 0 Å². The van der Waals surface area contributed by atoms with E-state index < -0.39 is 26.6 Å². The maximum atomic E-state index is 13.2. The topological polar surface area (TPSA) is 63.2 Å². The molecular formula is C11H13ClFNO3S. The standard InChI is InChI=1S/C11H13ClFNO3S/c1-3-7(2)14-18(16,17)8-4-5-10(13)9(6-8)11(12)15/h4-7,14H,3H2,1-2H3. The summed E-state index contributed by atoms with van der Waals surface area (Å²) in [5, 5.41) is -1.03. The summed E-state index contributed by atoms with van der Waals surface area (Å²) >= 11 is 5.17. The maximum Gasteiger partial charge on any atom is 0.255 e. The van der Waals surface area contributed by atoms with Gasteiger partial charge in [0.1, 0.15) is 5.82 Å². The molecule has 0 aliphatic carbocycles. The molecule has 4 nitrogen and oxygen atoms in total. The van der Waals surface area contributed by atoms with E-state index in [1.54, 1.807) is 6.92 Å². The van der Waals surface area contributed by atoms with Gasteiger partial charge in [-0.05, 0) is 43.1 Å². The van der Waals surface area contributed by atoms with Crippen molar-refractivity contribution >= 4 is 26.9 Å². The molecule has 0 aliphatic rings. The number of hydrogen-bond donors (Lipinski definition) is 1. The molecule has 1 unspecified atom stereocenters. The van der Waals surface area contributed by atoms with Gasteiger partial charge >= 0.3 is 0 Å². The second-order valence-corrected chi connectivity index (χ2v) is 5.90. The summed E-state index contributed by atoms with van der Waals surface area (Å²) in [6, 6.07) is 2.66. The molecule has 0 spiro atoms. The zero-order chi connectivity index (χ0) is 13.9. The number of benzene rings is 1. The third-order valence-corrected chi connectivity index (χ3v) is 4.22. The Bertz CT molecular complexity index is 559. The van der Waals surface area contributed by atoms with Crippen LogP contribution in [0.3, 0.4) is 0 Å². The predicted molar refractivity (Wildman–Crippen MR) is 66.7 cm³/mol. The molecule has 1 aromatic rings. The highest BCUT2D eigenvalue weighted by Gasteiger charge is 2.19. The molecule has 0 fully saturated rings. The summed E-state index contributed by atoms with van der Waals surface area (Å²) in [4.78, 5) is 10.7. The molecule has 1 aromatic carbocycles. The van der Waals surface area contributed by atoms with Crippen molar-refractivity contribution in [2.45, 2.75) is 31.2 Å². The number of carbonyl (C=O) groups excluding carboxylic acids is 1. The van der Waals surface area contributed by atoms with Crippen LogP contribution in [0.15, 0.2) is 23.1 Å². The van der Waals surface area contributed by atoms with Crippen molar-refractivity contribution in [1.29, 1.82) is 0 Å². The third kappa shape index (κ3) is 3.51. The summed E-state index contributed by atoms with van der Waals surface area (Å²) in [6.45, 7) is 3.53. The summed E-state index contributed by atoms with van der Waals surface area (Å²) in [7, 11) is -3.77.